The van der Waals surface area contributed by atoms with Crippen LogP contribution in [0.5, 0.6) is 0 Å². The average molecular weight is 450 g/mol. The van der Waals surface area contributed by atoms with Crippen molar-refractivity contribution in [3.63, 3.8) is 0 Å². The summed E-state index contributed by atoms with van der Waals surface area (Å²) < 4.78 is 14.3. The van der Waals surface area contributed by atoms with Gasteiger partial charge in [0, 0.05) is 23.1 Å². The maximum absolute atomic E-state index is 13.3. The van der Waals surface area contributed by atoms with E-state index in [1.165, 1.54) is 30.3 Å². The van der Waals surface area contributed by atoms with Crippen molar-refractivity contribution >= 4 is 39.5 Å². The highest BCUT2D eigenvalue weighted by atomic mass is 32.1. The van der Waals surface area contributed by atoms with Crippen LogP contribution in [0.25, 0.3) is 4.96 Å². The number of halogens is 1. The van der Waals surface area contributed by atoms with E-state index in [0.29, 0.717) is 23.5 Å². The summed E-state index contributed by atoms with van der Waals surface area (Å²) in [5, 5.41) is 5.46. The minimum absolute atomic E-state index is 0.0241. The molecule has 0 aliphatic carbocycles. The van der Waals surface area contributed by atoms with Gasteiger partial charge in [0.25, 0.3) is 17.4 Å². The molecule has 0 saturated heterocycles. The van der Waals surface area contributed by atoms with Crippen molar-refractivity contribution in [3.8, 4) is 0 Å². The number of fused-ring (bicyclic) bond motifs is 1. The molecule has 0 aliphatic heterocycles. The third-order valence-electron chi connectivity index (χ3n) is 4.82. The van der Waals surface area contributed by atoms with Crippen molar-refractivity contribution < 1.29 is 14.0 Å². The Kier molecular flexibility index (Phi) is 5.83. The first kappa shape index (κ1) is 21.4. The van der Waals surface area contributed by atoms with Crippen LogP contribution >= 0.6 is 11.3 Å². The zero-order valence-corrected chi connectivity index (χ0v) is 18.1. The lowest BCUT2D eigenvalue weighted by Crippen LogP contribution is -2.25. The Bertz CT molecular complexity index is 1390. The lowest BCUT2D eigenvalue weighted by molar-refractivity contribution is 0.0989. The van der Waals surface area contributed by atoms with Crippen molar-refractivity contribution in [1.29, 1.82) is 0 Å². The van der Waals surface area contributed by atoms with E-state index in [4.69, 9.17) is 0 Å². The molecule has 0 radical (unpaired) electrons. The lowest BCUT2D eigenvalue weighted by atomic mass is 10.1. The van der Waals surface area contributed by atoms with Gasteiger partial charge in [0.05, 0.1) is 0 Å². The van der Waals surface area contributed by atoms with Crippen LogP contribution < -0.4 is 16.2 Å². The van der Waals surface area contributed by atoms with Crippen LogP contribution in [0.15, 0.2) is 59.4 Å². The number of para-hydroxylation sites is 1. The Labute approximate surface area is 186 Å². The molecule has 2 amide bonds. The summed E-state index contributed by atoms with van der Waals surface area (Å²) in [6, 6.07) is 13.9. The van der Waals surface area contributed by atoms with Crippen LogP contribution in [-0.4, -0.2) is 21.2 Å². The number of benzene rings is 2. The molecule has 0 saturated carbocycles. The molecular formula is C23H19FN4O3S. The maximum Gasteiger partial charge on any atom is 0.274 e. The molecule has 7 nitrogen and oxygen atoms in total. The highest BCUT2D eigenvalue weighted by Crippen LogP contribution is 2.25. The number of hydrogen-bond donors (Lipinski definition) is 2. The van der Waals surface area contributed by atoms with Gasteiger partial charge in [-0.1, -0.05) is 36.5 Å². The van der Waals surface area contributed by atoms with Crippen molar-refractivity contribution in [2.75, 3.05) is 10.6 Å². The highest BCUT2D eigenvalue weighted by molar-refractivity contribution is 7.19. The van der Waals surface area contributed by atoms with Gasteiger partial charge < -0.3 is 10.6 Å². The van der Waals surface area contributed by atoms with Crippen LogP contribution in [0.1, 0.15) is 38.3 Å². The molecule has 0 unspecified atom stereocenters. The smallest absolute Gasteiger partial charge is 0.274 e. The summed E-state index contributed by atoms with van der Waals surface area (Å²) in [6.07, 6.45) is 0.694. The first-order chi connectivity index (χ1) is 15.4. The second-order valence-electron chi connectivity index (χ2n) is 7.06. The predicted molar refractivity (Wildman–Crippen MR) is 122 cm³/mol. The summed E-state index contributed by atoms with van der Waals surface area (Å²) in [6.45, 7) is 3.63. The van der Waals surface area contributed by atoms with E-state index in [1.54, 1.807) is 19.1 Å². The normalized spacial score (nSPS) is 10.8. The van der Waals surface area contributed by atoms with E-state index in [9.17, 15) is 18.8 Å². The monoisotopic (exact) mass is 450 g/mol. The molecule has 0 fully saturated rings. The first-order valence-corrected chi connectivity index (χ1v) is 10.7. The fraction of sp³-hybridized carbons (Fsp3) is 0.130. The molecule has 0 aliphatic rings. The summed E-state index contributed by atoms with van der Waals surface area (Å²) in [5.74, 6) is -1.64. The SMILES string of the molecule is CCc1ccccc1NC(=O)c1c(C(=O)Nc2ccc(F)cc2)sc2nc(C)cc(=O)n12. The maximum atomic E-state index is 13.3. The van der Waals surface area contributed by atoms with E-state index >= 15 is 0 Å². The minimum Gasteiger partial charge on any atom is -0.321 e. The molecule has 2 heterocycles. The quantitative estimate of drug-likeness (QED) is 0.475. The molecule has 162 valence electrons. The molecule has 9 heteroatoms. The van der Waals surface area contributed by atoms with Gasteiger partial charge in [-0.3, -0.25) is 14.4 Å². The number of thiazole rings is 1. The Hall–Kier alpha value is -3.85. The minimum atomic E-state index is -0.603. The van der Waals surface area contributed by atoms with Crippen LogP contribution in [0.2, 0.25) is 0 Å². The third-order valence-corrected chi connectivity index (χ3v) is 5.86. The highest BCUT2D eigenvalue weighted by Gasteiger charge is 2.26. The molecule has 0 atom stereocenters. The number of carbonyl (C=O) groups excluding carboxylic acids is 2. The van der Waals surface area contributed by atoms with Gasteiger partial charge in [-0.2, -0.15) is 0 Å². The number of aryl methyl sites for hydroxylation is 2. The van der Waals surface area contributed by atoms with Crippen molar-refractivity contribution in [2.45, 2.75) is 20.3 Å². The van der Waals surface area contributed by atoms with Gasteiger partial charge in [0.1, 0.15) is 16.4 Å². The molecule has 32 heavy (non-hydrogen) atoms. The average Bonchev–Trinajstić information content (AvgIpc) is 3.15. The first-order valence-electron chi connectivity index (χ1n) is 9.86. The third kappa shape index (κ3) is 4.15. The molecule has 2 aromatic carbocycles. The second-order valence-corrected chi connectivity index (χ2v) is 8.04. The zero-order valence-electron chi connectivity index (χ0n) is 17.3. The van der Waals surface area contributed by atoms with Gasteiger partial charge in [-0.25, -0.2) is 13.8 Å². The van der Waals surface area contributed by atoms with E-state index in [0.717, 1.165) is 21.3 Å². The van der Waals surface area contributed by atoms with Crippen LogP contribution in [0.4, 0.5) is 15.8 Å². The molecule has 4 aromatic rings. The fourth-order valence-electron chi connectivity index (χ4n) is 3.30. The van der Waals surface area contributed by atoms with Gasteiger partial charge in [0.15, 0.2) is 4.96 Å². The summed E-state index contributed by atoms with van der Waals surface area (Å²) in [5.41, 5.74) is 1.78. The second kappa shape index (κ2) is 8.72. The van der Waals surface area contributed by atoms with Crippen molar-refractivity contribution in [2.24, 2.45) is 0 Å². The molecule has 2 N–H and O–H groups in total. The van der Waals surface area contributed by atoms with Crippen molar-refractivity contribution in [3.05, 3.63) is 92.6 Å². The number of nitrogens with zero attached hydrogens (tertiary/aromatic N) is 2. The van der Waals surface area contributed by atoms with E-state index < -0.39 is 23.2 Å². The number of amides is 2. The van der Waals surface area contributed by atoms with E-state index in [-0.39, 0.29) is 15.5 Å². The topological polar surface area (TPSA) is 92.6 Å². The van der Waals surface area contributed by atoms with Crippen molar-refractivity contribution in [1.82, 2.24) is 9.38 Å². The Morgan fingerprint density at radius 3 is 2.50 bits per heavy atom. The molecular weight excluding hydrogens is 431 g/mol. The van der Waals surface area contributed by atoms with Crippen LogP contribution in [0, 0.1) is 12.7 Å². The van der Waals surface area contributed by atoms with Gasteiger partial charge in [0.2, 0.25) is 0 Å². The van der Waals surface area contributed by atoms with Crippen LogP contribution in [-0.2, 0) is 6.42 Å². The molecule has 2 aromatic heterocycles. The van der Waals surface area contributed by atoms with Crippen LogP contribution in [0.3, 0.4) is 0 Å². The lowest BCUT2D eigenvalue weighted by Gasteiger charge is -2.11. The fourth-order valence-corrected chi connectivity index (χ4v) is 4.37. The number of rotatable bonds is 5. The number of carbonyl (C=O) groups is 2. The Balaban J connectivity index is 1.80. The number of aromatic nitrogens is 2. The molecule has 4 rings (SSSR count). The Morgan fingerprint density at radius 1 is 1.06 bits per heavy atom. The summed E-state index contributed by atoms with van der Waals surface area (Å²) >= 11 is 0.936. The van der Waals surface area contributed by atoms with E-state index in [1.807, 2.05) is 19.1 Å². The largest absolute Gasteiger partial charge is 0.321 e. The number of anilines is 2. The standard InChI is InChI=1S/C23H19FN4O3S/c1-3-14-6-4-5-7-17(14)27-21(30)19-20(22(31)26-16-10-8-15(24)9-11-16)32-23-25-13(2)12-18(29)28(19)23/h4-12H,3H2,1-2H3,(H,26,31)(H,27,30). The van der Waals surface area contributed by atoms with E-state index in [2.05, 4.69) is 15.6 Å². The Morgan fingerprint density at radius 2 is 1.78 bits per heavy atom. The zero-order chi connectivity index (χ0) is 22.8. The predicted octanol–water partition coefficient (Wildman–Crippen LogP) is 4.27. The summed E-state index contributed by atoms with van der Waals surface area (Å²) in [7, 11) is 0. The van der Waals surface area contributed by atoms with Gasteiger partial charge in [-0.05, 0) is 49.2 Å². The number of nitrogens with one attached hydrogen (secondary N) is 2. The summed E-state index contributed by atoms with van der Waals surface area (Å²) in [4.78, 5) is 43.6. The van der Waals surface area contributed by atoms with Gasteiger partial charge >= 0.3 is 0 Å². The molecule has 0 bridgehead atoms. The molecule has 0 spiro atoms. The number of hydrogen-bond acceptors (Lipinski definition) is 5. The van der Waals surface area contributed by atoms with Gasteiger partial charge in [-0.15, -0.1) is 0 Å².